The molecule has 2 atom stereocenters. The number of ether oxygens (including phenoxy) is 1. The summed E-state index contributed by atoms with van der Waals surface area (Å²) in [5, 5.41) is 32.0. The molecule has 0 spiro atoms. The van der Waals surface area contributed by atoms with Gasteiger partial charge in [0.25, 0.3) is 0 Å². The Balaban J connectivity index is 2.54. The number of hydrogen-bond donors (Lipinski definition) is 4. The Bertz CT molecular complexity index is 558. The Kier molecular flexibility index (Phi) is 7.82. The molecule has 0 aliphatic carbocycles. The fourth-order valence-electron chi connectivity index (χ4n) is 1.99. The van der Waals surface area contributed by atoms with Crippen LogP contribution in [0.15, 0.2) is 30.3 Å². The van der Waals surface area contributed by atoms with Crippen LogP contribution in [0.2, 0.25) is 0 Å². The Hall–Kier alpha value is -2.16. The van der Waals surface area contributed by atoms with Crippen LogP contribution in [0.3, 0.4) is 0 Å². The van der Waals surface area contributed by atoms with E-state index in [9.17, 15) is 25.0 Å². The van der Waals surface area contributed by atoms with E-state index >= 15 is 0 Å². The Morgan fingerprint density at radius 2 is 1.84 bits per heavy atom. The number of hydrogen-bond acceptors (Lipinski definition) is 6. The highest BCUT2D eigenvalue weighted by Crippen LogP contribution is 2.09. The summed E-state index contributed by atoms with van der Waals surface area (Å²) in [4.78, 5) is 23.7. The van der Waals surface area contributed by atoms with Gasteiger partial charge in [0, 0.05) is 0 Å². The van der Waals surface area contributed by atoms with Crippen LogP contribution >= 0.6 is 0 Å². The maximum absolute atomic E-state index is 12.0. The van der Waals surface area contributed by atoms with E-state index in [1.807, 2.05) is 6.07 Å². The molecule has 0 aliphatic heterocycles. The molecule has 1 aromatic rings. The van der Waals surface area contributed by atoms with Gasteiger partial charge in [0.15, 0.2) is 0 Å². The van der Waals surface area contributed by atoms with Gasteiger partial charge in [0.05, 0.1) is 31.7 Å². The Labute approximate surface area is 147 Å². The minimum atomic E-state index is -1.38. The number of aliphatic hydroxyl groups excluding tert-OH is 2. The van der Waals surface area contributed by atoms with Gasteiger partial charge in [0.2, 0.25) is 5.91 Å². The molecule has 25 heavy (non-hydrogen) atoms. The molecule has 8 nitrogen and oxygen atoms in total. The van der Waals surface area contributed by atoms with Crippen molar-refractivity contribution in [2.75, 3.05) is 6.61 Å². The van der Waals surface area contributed by atoms with E-state index in [2.05, 4.69) is 5.32 Å². The van der Waals surface area contributed by atoms with Crippen LogP contribution in [0.4, 0.5) is 4.79 Å². The number of carbonyl (C=O) groups excluding carboxylic acids is 2. The third-order valence-electron chi connectivity index (χ3n) is 3.21. The van der Waals surface area contributed by atoms with Crippen molar-refractivity contribution in [2.45, 2.75) is 51.5 Å². The number of carbonyl (C=O) groups is 2. The monoisotopic (exact) mass is 354 g/mol. The maximum atomic E-state index is 12.0. The number of alkyl carbamates (subject to hydrolysis) is 1. The summed E-state index contributed by atoms with van der Waals surface area (Å²) in [6.45, 7) is 4.41. The molecule has 0 heterocycles. The average molecular weight is 354 g/mol. The fourth-order valence-corrected chi connectivity index (χ4v) is 1.99. The molecule has 2 amide bonds. The third kappa shape index (κ3) is 7.97. The molecule has 140 valence electrons. The van der Waals surface area contributed by atoms with E-state index in [1.165, 1.54) is 0 Å². The first-order valence-corrected chi connectivity index (χ1v) is 7.94. The molecule has 1 aromatic carbocycles. The van der Waals surface area contributed by atoms with Gasteiger partial charge in [-0.2, -0.15) is 0 Å². The smallest absolute Gasteiger partial charge is 0.408 e. The van der Waals surface area contributed by atoms with Gasteiger partial charge >= 0.3 is 6.09 Å². The zero-order valence-corrected chi connectivity index (χ0v) is 14.7. The number of hydroxylamine groups is 2. The predicted molar refractivity (Wildman–Crippen MR) is 89.6 cm³/mol. The Morgan fingerprint density at radius 3 is 2.36 bits per heavy atom. The van der Waals surface area contributed by atoms with Crippen molar-refractivity contribution in [3.63, 3.8) is 0 Å². The first-order chi connectivity index (χ1) is 11.6. The summed E-state index contributed by atoms with van der Waals surface area (Å²) in [5.41, 5.74) is -0.0129. The predicted octanol–water partition coefficient (Wildman–Crippen LogP) is 1.04. The molecule has 1 rings (SSSR count). The van der Waals surface area contributed by atoms with Gasteiger partial charge in [-0.25, -0.2) is 9.86 Å². The van der Waals surface area contributed by atoms with Crippen molar-refractivity contribution in [3.8, 4) is 0 Å². The van der Waals surface area contributed by atoms with E-state index < -0.39 is 42.8 Å². The summed E-state index contributed by atoms with van der Waals surface area (Å²) in [6.07, 6.45) is -2.66. The van der Waals surface area contributed by atoms with E-state index in [4.69, 9.17) is 4.74 Å². The first kappa shape index (κ1) is 20.9. The summed E-state index contributed by atoms with van der Waals surface area (Å²) in [5.74, 6) is -0.735. The lowest BCUT2D eigenvalue weighted by molar-refractivity contribution is -0.170. The van der Waals surface area contributed by atoms with Gasteiger partial charge < -0.3 is 20.3 Å². The number of aliphatic hydroxyl groups is 2. The molecular formula is C17H26N2O6. The second-order valence-corrected chi connectivity index (χ2v) is 6.64. The maximum Gasteiger partial charge on any atom is 0.408 e. The third-order valence-corrected chi connectivity index (χ3v) is 3.21. The molecule has 0 saturated carbocycles. The highest BCUT2D eigenvalue weighted by Gasteiger charge is 2.27. The molecule has 8 heteroatoms. The quantitative estimate of drug-likeness (QED) is 0.429. The van der Waals surface area contributed by atoms with Gasteiger partial charge in [-0.1, -0.05) is 30.3 Å². The van der Waals surface area contributed by atoms with E-state index in [0.717, 1.165) is 5.56 Å². The van der Waals surface area contributed by atoms with Gasteiger partial charge in [-0.05, 0) is 26.3 Å². The highest BCUT2D eigenvalue weighted by molar-refractivity contribution is 5.75. The van der Waals surface area contributed by atoms with Gasteiger partial charge in [0.1, 0.15) is 5.60 Å². The summed E-state index contributed by atoms with van der Waals surface area (Å²) in [6, 6.07) is 7.75. The van der Waals surface area contributed by atoms with E-state index in [-0.39, 0.29) is 6.54 Å². The minimum Gasteiger partial charge on any atom is -0.444 e. The van der Waals surface area contributed by atoms with Crippen LogP contribution in [-0.4, -0.2) is 56.8 Å². The van der Waals surface area contributed by atoms with Gasteiger partial charge in [-0.3, -0.25) is 10.0 Å². The van der Waals surface area contributed by atoms with Crippen LogP contribution in [0.1, 0.15) is 32.8 Å². The summed E-state index contributed by atoms with van der Waals surface area (Å²) < 4.78 is 5.03. The van der Waals surface area contributed by atoms with Crippen LogP contribution in [-0.2, 0) is 16.1 Å². The summed E-state index contributed by atoms with van der Waals surface area (Å²) >= 11 is 0. The fraction of sp³-hybridized carbons (Fsp3) is 0.529. The number of amides is 2. The summed E-state index contributed by atoms with van der Waals surface area (Å²) in [7, 11) is 0. The molecule has 0 radical (unpaired) electrons. The molecular weight excluding hydrogens is 328 g/mol. The molecule has 0 aromatic heterocycles. The number of rotatable bonds is 7. The SMILES string of the molecule is CC(C)(C)OC(=O)N[C@H](CO)[C@@H](O)CC(=O)N(O)Cc1ccccc1. The zero-order chi connectivity index (χ0) is 19.0. The lowest BCUT2D eigenvalue weighted by Gasteiger charge is -2.26. The van der Waals surface area contributed by atoms with E-state index in [0.29, 0.717) is 5.06 Å². The number of nitrogens with one attached hydrogen (secondary N) is 1. The van der Waals surface area contributed by atoms with Crippen molar-refractivity contribution in [1.29, 1.82) is 0 Å². The van der Waals surface area contributed by atoms with Crippen molar-refractivity contribution < 1.29 is 29.7 Å². The van der Waals surface area contributed by atoms with E-state index in [1.54, 1.807) is 45.0 Å². The minimum absolute atomic E-state index is 0.0321. The van der Waals surface area contributed by atoms with Gasteiger partial charge in [-0.15, -0.1) is 0 Å². The Morgan fingerprint density at radius 1 is 1.24 bits per heavy atom. The van der Waals surface area contributed by atoms with Crippen molar-refractivity contribution in [1.82, 2.24) is 10.4 Å². The average Bonchev–Trinajstić information content (AvgIpc) is 2.51. The number of nitrogens with zero attached hydrogens (tertiary/aromatic N) is 1. The largest absolute Gasteiger partial charge is 0.444 e. The topological polar surface area (TPSA) is 119 Å². The molecule has 0 unspecified atom stereocenters. The molecule has 0 saturated heterocycles. The zero-order valence-electron chi connectivity index (χ0n) is 14.7. The second-order valence-electron chi connectivity index (χ2n) is 6.64. The lowest BCUT2D eigenvalue weighted by Crippen LogP contribution is -2.49. The van der Waals surface area contributed by atoms with Crippen molar-refractivity contribution >= 4 is 12.0 Å². The van der Waals surface area contributed by atoms with Crippen LogP contribution in [0.25, 0.3) is 0 Å². The molecule has 0 fully saturated rings. The van der Waals surface area contributed by atoms with Crippen LogP contribution in [0, 0.1) is 0 Å². The second kappa shape index (κ2) is 9.36. The first-order valence-electron chi connectivity index (χ1n) is 7.94. The highest BCUT2D eigenvalue weighted by atomic mass is 16.6. The molecule has 4 N–H and O–H groups in total. The van der Waals surface area contributed by atoms with Crippen LogP contribution < -0.4 is 5.32 Å². The lowest BCUT2D eigenvalue weighted by atomic mass is 10.1. The molecule has 0 aliphatic rings. The molecule has 0 bridgehead atoms. The standard InChI is InChI=1S/C17H26N2O6/c1-17(2,3)25-16(23)18-13(11-20)14(21)9-15(22)19(24)10-12-7-5-4-6-8-12/h4-8,13-14,20-21,24H,9-11H2,1-3H3,(H,18,23)/t13-,14+/m1/s1. The van der Waals surface area contributed by atoms with Crippen LogP contribution in [0.5, 0.6) is 0 Å². The normalized spacial score (nSPS) is 13.7. The number of benzene rings is 1. The van der Waals surface area contributed by atoms with Crippen molar-refractivity contribution in [3.05, 3.63) is 35.9 Å². The van der Waals surface area contributed by atoms with Crippen molar-refractivity contribution in [2.24, 2.45) is 0 Å².